The first-order chi connectivity index (χ1) is 10.3. The van der Waals surface area contributed by atoms with Gasteiger partial charge in [0.2, 0.25) is 0 Å². The van der Waals surface area contributed by atoms with Gasteiger partial charge in [-0.3, -0.25) is 4.98 Å². The van der Waals surface area contributed by atoms with Crippen LogP contribution in [0.15, 0.2) is 24.4 Å². The molecule has 1 N–H and O–H groups in total. The molecule has 116 valence electrons. The maximum Gasteiger partial charge on any atom is 0.0570 e. The van der Waals surface area contributed by atoms with Crippen molar-refractivity contribution < 1.29 is 0 Å². The van der Waals surface area contributed by atoms with Crippen LogP contribution in [-0.2, 0) is 0 Å². The smallest absolute Gasteiger partial charge is 0.0570 e. The molecule has 3 rings (SSSR count). The zero-order chi connectivity index (χ0) is 14.5. The summed E-state index contributed by atoms with van der Waals surface area (Å²) < 4.78 is 0. The molecule has 2 aliphatic rings. The number of pyridine rings is 1. The Balaban J connectivity index is 1.63. The molecule has 1 aromatic rings. The van der Waals surface area contributed by atoms with Gasteiger partial charge in [-0.15, -0.1) is 0 Å². The molecule has 0 amide bonds. The minimum Gasteiger partial charge on any atom is -0.306 e. The van der Waals surface area contributed by atoms with E-state index in [0.717, 1.165) is 11.8 Å². The van der Waals surface area contributed by atoms with E-state index in [1.165, 1.54) is 63.5 Å². The molecular weight excluding hydrogens is 256 g/mol. The number of nitrogens with one attached hydrogen (secondary N) is 1. The van der Waals surface area contributed by atoms with Crippen LogP contribution in [0, 0.1) is 11.8 Å². The summed E-state index contributed by atoms with van der Waals surface area (Å²) in [6.07, 6.45) is 14.9. The van der Waals surface area contributed by atoms with Gasteiger partial charge >= 0.3 is 0 Å². The van der Waals surface area contributed by atoms with Crippen molar-refractivity contribution in [1.82, 2.24) is 10.3 Å². The van der Waals surface area contributed by atoms with Crippen molar-refractivity contribution >= 4 is 0 Å². The lowest BCUT2D eigenvalue weighted by Crippen LogP contribution is -2.43. The summed E-state index contributed by atoms with van der Waals surface area (Å²) in [7, 11) is 0. The summed E-state index contributed by atoms with van der Waals surface area (Å²) in [6, 6.07) is 7.33. The van der Waals surface area contributed by atoms with Gasteiger partial charge < -0.3 is 5.32 Å². The average Bonchev–Trinajstić information content (AvgIpc) is 2.57. The molecule has 0 bridgehead atoms. The lowest BCUT2D eigenvalue weighted by Gasteiger charge is -2.40. The first kappa shape index (κ1) is 15.0. The fourth-order valence-electron chi connectivity index (χ4n) is 4.53. The minimum absolute atomic E-state index is 0.375. The summed E-state index contributed by atoms with van der Waals surface area (Å²) in [6.45, 7) is 2.27. The number of hydrogen-bond donors (Lipinski definition) is 1. The molecule has 3 atom stereocenters. The molecule has 0 aliphatic heterocycles. The fourth-order valence-corrected chi connectivity index (χ4v) is 4.53. The van der Waals surface area contributed by atoms with Crippen molar-refractivity contribution in [1.29, 1.82) is 0 Å². The molecule has 2 nitrogen and oxygen atoms in total. The zero-order valence-corrected chi connectivity index (χ0v) is 13.4. The van der Waals surface area contributed by atoms with Gasteiger partial charge in [0, 0.05) is 18.3 Å². The number of rotatable bonds is 4. The Morgan fingerprint density at radius 3 is 2.52 bits per heavy atom. The maximum atomic E-state index is 4.52. The van der Waals surface area contributed by atoms with Gasteiger partial charge in [0.25, 0.3) is 0 Å². The highest BCUT2D eigenvalue weighted by molar-refractivity contribution is 5.08. The molecule has 2 saturated carbocycles. The largest absolute Gasteiger partial charge is 0.306 e. The lowest BCUT2D eigenvalue weighted by molar-refractivity contribution is 0.143. The Hall–Kier alpha value is -0.890. The summed E-state index contributed by atoms with van der Waals surface area (Å²) in [5, 5.41) is 3.92. The van der Waals surface area contributed by atoms with Gasteiger partial charge in [0.1, 0.15) is 0 Å². The van der Waals surface area contributed by atoms with Crippen molar-refractivity contribution in [2.45, 2.75) is 76.8 Å². The van der Waals surface area contributed by atoms with Gasteiger partial charge in [0.05, 0.1) is 5.69 Å². The molecule has 1 aromatic heterocycles. The Morgan fingerprint density at radius 2 is 1.76 bits per heavy atom. The molecule has 0 spiro atoms. The van der Waals surface area contributed by atoms with Crippen LogP contribution in [0.25, 0.3) is 0 Å². The van der Waals surface area contributed by atoms with Crippen molar-refractivity contribution in [3.05, 3.63) is 30.1 Å². The summed E-state index contributed by atoms with van der Waals surface area (Å²) in [4.78, 5) is 4.52. The zero-order valence-electron chi connectivity index (χ0n) is 13.4. The van der Waals surface area contributed by atoms with Gasteiger partial charge in [-0.05, 0) is 43.7 Å². The van der Waals surface area contributed by atoms with Crippen LogP contribution in [0.5, 0.6) is 0 Å². The Kier molecular flexibility index (Phi) is 5.29. The third kappa shape index (κ3) is 3.85. The van der Waals surface area contributed by atoms with Crippen molar-refractivity contribution in [3.8, 4) is 0 Å². The van der Waals surface area contributed by atoms with E-state index in [2.05, 4.69) is 29.4 Å². The van der Waals surface area contributed by atoms with Gasteiger partial charge in [-0.25, -0.2) is 0 Å². The molecule has 2 aliphatic carbocycles. The monoisotopic (exact) mass is 286 g/mol. The van der Waals surface area contributed by atoms with E-state index < -0.39 is 0 Å². The highest BCUT2D eigenvalue weighted by Gasteiger charge is 2.33. The second-order valence-corrected chi connectivity index (χ2v) is 7.10. The molecule has 1 heterocycles. The van der Waals surface area contributed by atoms with Crippen molar-refractivity contribution in [3.63, 3.8) is 0 Å². The number of nitrogens with zero attached hydrogens (tertiary/aromatic N) is 1. The molecular formula is C19H30N2. The molecule has 2 heteroatoms. The second-order valence-electron chi connectivity index (χ2n) is 7.10. The molecule has 2 unspecified atom stereocenters. The van der Waals surface area contributed by atoms with E-state index >= 15 is 0 Å². The quantitative estimate of drug-likeness (QED) is 0.854. The van der Waals surface area contributed by atoms with E-state index in [4.69, 9.17) is 0 Å². The van der Waals surface area contributed by atoms with Crippen molar-refractivity contribution in [2.24, 2.45) is 11.8 Å². The first-order valence-corrected chi connectivity index (χ1v) is 9.01. The number of hydrogen-bond acceptors (Lipinski definition) is 2. The molecule has 0 aromatic carbocycles. The summed E-state index contributed by atoms with van der Waals surface area (Å²) in [5.41, 5.74) is 1.19. The topological polar surface area (TPSA) is 24.9 Å². The van der Waals surface area contributed by atoms with Crippen LogP contribution >= 0.6 is 0 Å². The van der Waals surface area contributed by atoms with Gasteiger partial charge in [-0.1, -0.05) is 51.0 Å². The van der Waals surface area contributed by atoms with Crippen LogP contribution in [0.4, 0.5) is 0 Å². The molecule has 0 radical (unpaired) electrons. The van der Waals surface area contributed by atoms with E-state index in [0.29, 0.717) is 12.1 Å². The van der Waals surface area contributed by atoms with Crippen LogP contribution < -0.4 is 5.32 Å². The highest BCUT2D eigenvalue weighted by Crippen LogP contribution is 2.39. The predicted molar refractivity (Wildman–Crippen MR) is 88.1 cm³/mol. The SMILES string of the molecule is C[C@H](NC1CCCCC1C1CCCCC1)c1ccccn1. The Bertz CT molecular complexity index is 411. The lowest BCUT2D eigenvalue weighted by atomic mass is 9.71. The molecule has 2 fully saturated rings. The maximum absolute atomic E-state index is 4.52. The van der Waals surface area contributed by atoms with Crippen molar-refractivity contribution in [2.75, 3.05) is 0 Å². The van der Waals surface area contributed by atoms with E-state index in [9.17, 15) is 0 Å². The first-order valence-electron chi connectivity index (χ1n) is 9.01. The normalized spacial score (nSPS) is 29.2. The van der Waals surface area contributed by atoms with Crippen LogP contribution in [0.2, 0.25) is 0 Å². The van der Waals surface area contributed by atoms with Crippen LogP contribution in [-0.4, -0.2) is 11.0 Å². The van der Waals surface area contributed by atoms with Gasteiger partial charge in [-0.2, -0.15) is 0 Å². The third-order valence-corrected chi connectivity index (χ3v) is 5.67. The molecule has 0 saturated heterocycles. The highest BCUT2D eigenvalue weighted by atomic mass is 15.0. The predicted octanol–water partition coefficient (Wildman–Crippen LogP) is 4.87. The Morgan fingerprint density at radius 1 is 1.00 bits per heavy atom. The van der Waals surface area contributed by atoms with E-state index in [-0.39, 0.29) is 0 Å². The summed E-state index contributed by atoms with van der Waals surface area (Å²) in [5.74, 6) is 1.89. The third-order valence-electron chi connectivity index (χ3n) is 5.67. The van der Waals surface area contributed by atoms with Crippen LogP contribution in [0.1, 0.15) is 76.4 Å². The summed E-state index contributed by atoms with van der Waals surface area (Å²) >= 11 is 0. The minimum atomic E-state index is 0.375. The standard InChI is InChI=1S/C19H30N2/c1-15(18-12-7-8-14-20-18)21-19-13-6-5-11-17(19)16-9-3-2-4-10-16/h7-8,12,14-17,19,21H,2-6,9-11,13H2,1H3/t15-,17?,19?/m0/s1. The molecule has 21 heavy (non-hydrogen) atoms. The number of aromatic nitrogens is 1. The van der Waals surface area contributed by atoms with E-state index in [1.807, 2.05) is 12.3 Å². The van der Waals surface area contributed by atoms with Crippen LogP contribution in [0.3, 0.4) is 0 Å². The second kappa shape index (κ2) is 7.40. The fraction of sp³-hybridized carbons (Fsp3) is 0.737. The Labute approximate surface area is 129 Å². The van der Waals surface area contributed by atoms with E-state index in [1.54, 1.807) is 0 Å². The van der Waals surface area contributed by atoms with Gasteiger partial charge in [0.15, 0.2) is 0 Å². The average molecular weight is 286 g/mol.